The van der Waals surface area contributed by atoms with Gasteiger partial charge in [0.05, 0.1) is 4.90 Å². The second-order valence-corrected chi connectivity index (χ2v) is 8.06. The Hall–Kier alpha value is -3.13. The minimum absolute atomic E-state index is 0.235. The molecule has 0 amide bonds. The van der Waals surface area contributed by atoms with Crippen molar-refractivity contribution >= 4 is 33.2 Å². The molecule has 1 heterocycles. The molecule has 1 aromatic heterocycles. The van der Waals surface area contributed by atoms with Crippen LogP contribution in [0.15, 0.2) is 59.5 Å². The molecule has 3 N–H and O–H groups in total. The molecule has 0 fully saturated rings. The molecule has 0 atom stereocenters. The summed E-state index contributed by atoms with van der Waals surface area (Å²) in [5, 5.41) is 6.29. The largest absolute Gasteiger partial charge is 0.370 e. The van der Waals surface area contributed by atoms with Crippen LogP contribution in [0.25, 0.3) is 0 Å². The lowest BCUT2D eigenvalue weighted by Gasteiger charge is -2.11. The number of hydrogen-bond acceptors (Lipinski definition) is 6. The summed E-state index contributed by atoms with van der Waals surface area (Å²) in [4.78, 5) is 9.01. The molecule has 0 aliphatic rings. The fourth-order valence-corrected chi connectivity index (χ4v) is 3.81. The maximum absolute atomic E-state index is 12.5. The molecule has 0 aliphatic heterocycles. The Morgan fingerprint density at radius 2 is 1.64 bits per heavy atom. The molecule has 0 radical (unpaired) electrons. The fourth-order valence-electron chi connectivity index (χ4n) is 2.64. The van der Waals surface area contributed by atoms with Crippen molar-refractivity contribution in [2.75, 3.05) is 21.9 Å². The van der Waals surface area contributed by atoms with Gasteiger partial charge in [-0.05, 0) is 62.7 Å². The van der Waals surface area contributed by atoms with Gasteiger partial charge in [-0.25, -0.2) is 13.4 Å². The van der Waals surface area contributed by atoms with Crippen LogP contribution >= 0.6 is 0 Å². The van der Waals surface area contributed by atoms with E-state index in [1.807, 2.05) is 32.9 Å². The quantitative estimate of drug-likeness (QED) is 0.556. The van der Waals surface area contributed by atoms with E-state index >= 15 is 0 Å². The van der Waals surface area contributed by atoms with E-state index < -0.39 is 10.0 Å². The van der Waals surface area contributed by atoms with Crippen LogP contribution in [0, 0.1) is 13.8 Å². The zero-order valence-electron chi connectivity index (χ0n) is 16.0. The Morgan fingerprint density at radius 1 is 0.929 bits per heavy atom. The molecule has 0 saturated carbocycles. The number of rotatable bonds is 7. The van der Waals surface area contributed by atoms with E-state index in [9.17, 15) is 8.42 Å². The van der Waals surface area contributed by atoms with Crippen LogP contribution in [0.5, 0.6) is 0 Å². The summed E-state index contributed by atoms with van der Waals surface area (Å²) in [5.41, 5.74) is 2.96. The van der Waals surface area contributed by atoms with E-state index in [0.717, 1.165) is 29.3 Å². The zero-order chi connectivity index (χ0) is 20.1. The topological polar surface area (TPSA) is 96.0 Å². The molecule has 28 heavy (non-hydrogen) atoms. The van der Waals surface area contributed by atoms with Crippen LogP contribution in [0.2, 0.25) is 0 Å². The first-order valence-corrected chi connectivity index (χ1v) is 10.4. The number of anilines is 4. The van der Waals surface area contributed by atoms with Crippen LogP contribution < -0.4 is 15.4 Å². The van der Waals surface area contributed by atoms with E-state index in [2.05, 4.69) is 25.3 Å². The number of hydrogen-bond donors (Lipinski definition) is 3. The summed E-state index contributed by atoms with van der Waals surface area (Å²) >= 11 is 0. The third-order valence-electron chi connectivity index (χ3n) is 3.91. The van der Waals surface area contributed by atoms with Gasteiger partial charge in [0.2, 0.25) is 5.95 Å². The SMILES string of the molecule is CCNc1cc(C)nc(Nc2ccc(NS(=O)(=O)c3cccc(C)c3)cc2)n1. The normalized spacial score (nSPS) is 11.1. The third-order valence-corrected chi connectivity index (χ3v) is 5.28. The average Bonchev–Trinajstić information content (AvgIpc) is 2.63. The summed E-state index contributed by atoms with van der Waals surface area (Å²) in [6.07, 6.45) is 0. The van der Waals surface area contributed by atoms with Gasteiger partial charge in [-0.15, -0.1) is 0 Å². The van der Waals surface area contributed by atoms with Crippen LogP contribution in [0.3, 0.4) is 0 Å². The standard InChI is InChI=1S/C20H23N5O2S/c1-4-21-19-13-15(3)22-20(24-19)23-16-8-10-17(11-9-16)25-28(26,27)18-7-5-6-14(2)12-18/h5-13,25H,4H2,1-3H3,(H2,21,22,23,24). The first-order chi connectivity index (χ1) is 13.4. The van der Waals surface area contributed by atoms with Crippen molar-refractivity contribution in [3.63, 3.8) is 0 Å². The molecule has 0 aliphatic carbocycles. The highest BCUT2D eigenvalue weighted by atomic mass is 32.2. The highest BCUT2D eigenvalue weighted by Gasteiger charge is 2.14. The van der Waals surface area contributed by atoms with Gasteiger partial charge in [-0.1, -0.05) is 12.1 Å². The van der Waals surface area contributed by atoms with Gasteiger partial charge >= 0.3 is 0 Å². The van der Waals surface area contributed by atoms with Crippen LogP contribution in [-0.4, -0.2) is 24.9 Å². The molecule has 0 spiro atoms. The van der Waals surface area contributed by atoms with Gasteiger partial charge in [0.1, 0.15) is 5.82 Å². The number of aryl methyl sites for hydroxylation is 2. The van der Waals surface area contributed by atoms with E-state index in [1.165, 1.54) is 0 Å². The third kappa shape index (κ3) is 4.98. The van der Waals surface area contributed by atoms with Crippen LogP contribution in [-0.2, 0) is 10.0 Å². The smallest absolute Gasteiger partial charge is 0.261 e. The number of nitrogens with zero attached hydrogens (tertiary/aromatic N) is 2. The molecule has 3 rings (SSSR count). The summed E-state index contributed by atoms with van der Waals surface area (Å²) in [6, 6.07) is 15.6. The number of benzene rings is 2. The van der Waals surface area contributed by atoms with Gasteiger partial charge < -0.3 is 10.6 Å². The summed E-state index contributed by atoms with van der Waals surface area (Å²) < 4.78 is 27.6. The summed E-state index contributed by atoms with van der Waals surface area (Å²) in [5.74, 6) is 1.23. The lowest BCUT2D eigenvalue weighted by Crippen LogP contribution is -2.13. The van der Waals surface area contributed by atoms with Crippen molar-refractivity contribution in [1.82, 2.24) is 9.97 Å². The number of aromatic nitrogens is 2. The second-order valence-electron chi connectivity index (χ2n) is 6.37. The molecular weight excluding hydrogens is 374 g/mol. The molecule has 0 unspecified atom stereocenters. The summed E-state index contributed by atoms with van der Waals surface area (Å²) in [7, 11) is -3.63. The fraction of sp³-hybridized carbons (Fsp3) is 0.200. The zero-order valence-corrected chi connectivity index (χ0v) is 16.8. The van der Waals surface area contributed by atoms with Crippen molar-refractivity contribution < 1.29 is 8.42 Å². The Labute approximate surface area is 165 Å². The molecule has 0 saturated heterocycles. The van der Waals surface area contributed by atoms with Gasteiger partial charge in [0, 0.05) is 29.7 Å². The predicted molar refractivity (Wildman–Crippen MR) is 113 cm³/mol. The van der Waals surface area contributed by atoms with Crippen molar-refractivity contribution in [3.8, 4) is 0 Å². The van der Waals surface area contributed by atoms with E-state index in [0.29, 0.717) is 11.6 Å². The molecule has 2 aromatic carbocycles. The minimum Gasteiger partial charge on any atom is -0.370 e. The number of nitrogens with one attached hydrogen (secondary N) is 3. The first-order valence-electron chi connectivity index (χ1n) is 8.92. The second kappa shape index (κ2) is 8.26. The minimum atomic E-state index is -3.63. The lowest BCUT2D eigenvalue weighted by molar-refractivity contribution is 0.601. The molecule has 8 heteroatoms. The average molecular weight is 398 g/mol. The number of sulfonamides is 1. The maximum Gasteiger partial charge on any atom is 0.261 e. The van der Waals surface area contributed by atoms with Crippen molar-refractivity contribution in [2.24, 2.45) is 0 Å². The van der Waals surface area contributed by atoms with Crippen molar-refractivity contribution in [1.29, 1.82) is 0 Å². The molecule has 0 bridgehead atoms. The Kier molecular flexibility index (Phi) is 5.79. The summed E-state index contributed by atoms with van der Waals surface area (Å²) in [6.45, 7) is 6.53. The monoisotopic (exact) mass is 397 g/mol. The molecular formula is C20H23N5O2S. The molecule has 146 valence electrons. The highest BCUT2D eigenvalue weighted by Crippen LogP contribution is 2.21. The van der Waals surface area contributed by atoms with E-state index in [4.69, 9.17) is 0 Å². The Bertz CT molecular complexity index is 1070. The van der Waals surface area contributed by atoms with Gasteiger partial charge in [0.25, 0.3) is 10.0 Å². The first kappa shape index (κ1) is 19.6. The Morgan fingerprint density at radius 3 is 2.32 bits per heavy atom. The van der Waals surface area contributed by atoms with Crippen molar-refractivity contribution in [2.45, 2.75) is 25.7 Å². The van der Waals surface area contributed by atoms with Gasteiger partial charge in [0.15, 0.2) is 0 Å². The van der Waals surface area contributed by atoms with Crippen LogP contribution in [0.1, 0.15) is 18.2 Å². The molecule has 3 aromatic rings. The highest BCUT2D eigenvalue weighted by molar-refractivity contribution is 7.92. The Balaban J connectivity index is 1.73. The maximum atomic E-state index is 12.5. The van der Waals surface area contributed by atoms with Gasteiger partial charge in [-0.2, -0.15) is 4.98 Å². The lowest BCUT2D eigenvalue weighted by atomic mass is 10.2. The van der Waals surface area contributed by atoms with Gasteiger partial charge in [-0.3, -0.25) is 4.72 Å². The van der Waals surface area contributed by atoms with Crippen molar-refractivity contribution in [3.05, 3.63) is 65.9 Å². The predicted octanol–water partition coefficient (Wildman–Crippen LogP) is 4.07. The van der Waals surface area contributed by atoms with E-state index in [1.54, 1.807) is 42.5 Å². The van der Waals surface area contributed by atoms with Crippen LogP contribution in [0.4, 0.5) is 23.1 Å². The van der Waals surface area contributed by atoms with E-state index in [-0.39, 0.29) is 4.90 Å². The molecule has 7 nitrogen and oxygen atoms in total.